The van der Waals surface area contributed by atoms with Crippen LogP contribution in [-0.4, -0.2) is 4.98 Å². The van der Waals surface area contributed by atoms with Crippen LogP contribution in [0.15, 0.2) is 28.8 Å². The lowest BCUT2D eigenvalue weighted by Gasteiger charge is -2.02. The van der Waals surface area contributed by atoms with E-state index >= 15 is 0 Å². The number of hydrogen-bond acceptors (Lipinski definition) is 3. The summed E-state index contributed by atoms with van der Waals surface area (Å²) in [5, 5.41) is 0.965. The summed E-state index contributed by atoms with van der Waals surface area (Å²) in [6.07, 6.45) is 3.83. The first-order valence-electron chi connectivity index (χ1n) is 3.70. The number of halogens is 2. The van der Waals surface area contributed by atoms with Gasteiger partial charge < -0.3 is 9.15 Å². The molecule has 0 N–H and O–H groups in total. The van der Waals surface area contributed by atoms with Crippen LogP contribution >= 0.6 is 23.2 Å². The first-order chi connectivity index (χ1) is 6.75. The van der Waals surface area contributed by atoms with E-state index in [2.05, 4.69) is 11.2 Å². The Morgan fingerprint density at radius 3 is 2.93 bits per heavy atom. The van der Waals surface area contributed by atoms with Crippen molar-refractivity contribution in [3.05, 3.63) is 40.7 Å². The summed E-state index contributed by atoms with van der Waals surface area (Å²) in [5.74, 6) is 0.398. The SMILES string of the molecule is Clc1ccc(Cl)c(Oc2nc[c]o2)c1. The molecule has 2 rings (SSSR count). The molecule has 0 unspecified atom stereocenters. The third-order valence-electron chi connectivity index (χ3n) is 1.46. The van der Waals surface area contributed by atoms with Crippen molar-refractivity contribution in [2.24, 2.45) is 0 Å². The maximum atomic E-state index is 5.85. The zero-order valence-electron chi connectivity index (χ0n) is 6.83. The van der Waals surface area contributed by atoms with Gasteiger partial charge in [-0.25, -0.2) is 0 Å². The minimum atomic E-state index is 0.0779. The van der Waals surface area contributed by atoms with Gasteiger partial charge >= 0.3 is 6.08 Å². The summed E-state index contributed by atoms with van der Waals surface area (Å²) < 4.78 is 9.98. The Kier molecular flexibility index (Phi) is 2.61. The lowest BCUT2D eigenvalue weighted by molar-refractivity contribution is 0.328. The molecule has 3 nitrogen and oxygen atoms in total. The van der Waals surface area contributed by atoms with Crippen molar-refractivity contribution < 1.29 is 9.15 Å². The lowest BCUT2D eigenvalue weighted by atomic mass is 10.3. The summed E-state index contributed by atoms with van der Waals surface area (Å²) in [6, 6.07) is 4.87. The van der Waals surface area contributed by atoms with Crippen LogP contribution in [0.1, 0.15) is 0 Å². The van der Waals surface area contributed by atoms with Crippen molar-refractivity contribution in [2.45, 2.75) is 0 Å². The normalized spacial score (nSPS) is 10.1. The van der Waals surface area contributed by atoms with Crippen LogP contribution in [0.25, 0.3) is 0 Å². The molecule has 0 spiro atoms. The zero-order chi connectivity index (χ0) is 9.97. The second kappa shape index (κ2) is 3.90. The monoisotopic (exact) mass is 228 g/mol. The molecule has 5 heteroatoms. The van der Waals surface area contributed by atoms with Gasteiger partial charge in [-0.05, 0) is 12.1 Å². The van der Waals surface area contributed by atoms with Crippen LogP contribution in [-0.2, 0) is 0 Å². The molecule has 0 amide bonds. The van der Waals surface area contributed by atoms with Gasteiger partial charge in [0.15, 0.2) is 12.0 Å². The van der Waals surface area contributed by atoms with Gasteiger partial charge in [-0.15, -0.1) is 0 Å². The molecule has 1 aromatic heterocycles. The van der Waals surface area contributed by atoms with E-state index in [9.17, 15) is 0 Å². The van der Waals surface area contributed by atoms with Crippen LogP contribution in [0.2, 0.25) is 10.0 Å². The van der Waals surface area contributed by atoms with Gasteiger partial charge in [0.05, 0.1) is 11.2 Å². The van der Waals surface area contributed by atoms with Crippen molar-refractivity contribution in [2.75, 3.05) is 0 Å². The average Bonchev–Trinajstić information content (AvgIpc) is 2.64. The number of ether oxygens (including phenoxy) is 1. The van der Waals surface area contributed by atoms with Gasteiger partial charge in [0, 0.05) is 11.1 Å². The molecule has 0 aliphatic carbocycles. The van der Waals surface area contributed by atoms with Gasteiger partial charge in [-0.3, -0.25) is 0 Å². The van der Waals surface area contributed by atoms with E-state index < -0.39 is 0 Å². The van der Waals surface area contributed by atoms with E-state index in [4.69, 9.17) is 32.4 Å². The quantitative estimate of drug-likeness (QED) is 0.789. The second-order valence-electron chi connectivity index (χ2n) is 2.42. The zero-order valence-corrected chi connectivity index (χ0v) is 8.34. The smallest absolute Gasteiger partial charge is 0.399 e. The molecule has 2 aromatic rings. The third kappa shape index (κ3) is 2.00. The Labute approximate surface area is 90.2 Å². The van der Waals surface area contributed by atoms with Crippen LogP contribution in [0.4, 0.5) is 0 Å². The Hall–Kier alpha value is -1.19. The van der Waals surface area contributed by atoms with Gasteiger partial charge in [0.25, 0.3) is 0 Å². The lowest BCUT2D eigenvalue weighted by Crippen LogP contribution is -1.84. The Morgan fingerprint density at radius 1 is 1.36 bits per heavy atom. The van der Waals surface area contributed by atoms with Crippen LogP contribution in [0.5, 0.6) is 11.8 Å². The molecule has 1 heterocycles. The van der Waals surface area contributed by atoms with E-state index in [1.165, 1.54) is 6.20 Å². The van der Waals surface area contributed by atoms with Crippen LogP contribution in [0.3, 0.4) is 0 Å². The standard InChI is InChI=1S/C9H4Cl2NO2/c10-6-1-2-7(11)8(5-6)14-9-12-3-4-13-9/h1-3,5H. The van der Waals surface area contributed by atoms with E-state index in [1.807, 2.05) is 0 Å². The Bertz CT molecular complexity index is 428. The second-order valence-corrected chi connectivity index (χ2v) is 3.26. The summed E-state index contributed by atoms with van der Waals surface area (Å²) >= 11 is 11.6. The van der Waals surface area contributed by atoms with Gasteiger partial charge in [0.1, 0.15) is 0 Å². The average molecular weight is 229 g/mol. The molecule has 0 aliphatic rings. The molecule has 1 radical (unpaired) electrons. The van der Waals surface area contributed by atoms with E-state index in [-0.39, 0.29) is 6.08 Å². The summed E-state index contributed by atoms with van der Waals surface area (Å²) in [6.45, 7) is 0. The number of benzene rings is 1. The molecule has 14 heavy (non-hydrogen) atoms. The van der Waals surface area contributed by atoms with Gasteiger partial charge in [-0.2, -0.15) is 4.98 Å². The van der Waals surface area contributed by atoms with Crippen LogP contribution in [0, 0.1) is 6.26 Å². The topological polar surface area (TPSA) is 35.3 Å². The largest absolute Gasteiger partial charge is 0.409 e. The molecule has 0 fully saturated rings. The van der Waals surface area contributed by atoms with Crippen molar-refractivity contribution in [3.63, 3.8) is 0 Å². The maximum absolute atomic E-state index is 5.85. The predicted octanol–water partition coefficient (Wildman–Crippen LogP) is 3.57. The highest BCUT2D eigenvalue weighted by molar-refractivity contribution is 6.34. The van der Waals surface area contributed by atoms with Crippen molar-refractivity contribution >= 4 is 23.2 Å². The number of rotatable bonds is 2. The molecule has 0 aliphatic heterocycles. The van der Waals surface area contributed by atoms with Gasteiger partial charge in [0.2, 0.25) is 0 Å². The highest BCUT2D eigenvalue weighted by atomic mass is 35.5. The molecule has 0 saturated heterocycles. The summed E-state index contributed by atoms with van der Waals surface area (Å²) in [5.41, 5.74) is 0. The highest BCUT2D eigenvalue weighted by Gasteiger charge is 2.06. The number of hydrogen-bond donors (Lipinski definition) is 0. The first-order valence-corrected chi connectivity index (χ1v) is 4.46. The summed E-state index contributed by atoms with van der Waals surface area (Å²) in [4.78, 5) is 3.74. The van der Waals surface area contributed by atoms with Crippen molar-refractivity contribution in [1.82, 2.24) is 4.98 Å². The minimum Gasteiger partial charge on any atom is -0.409 e. The molecule has 0 saturated carbocycles. The highest BCUT2D eigenvalue weighted by Crippen LogP contribution is 2.30. The third-order valence-corrected chi connectivity index (χ3v) is 2.01. The fourth-order valence-corrected chi connectivity index (χ4v) is 1.20. The fourth-order valence-electron chi connectivity index (χ4n) is 0.879. The number of oxazole rings is 1. The fraction of sp³-hybridized carbons (Fsp3) is 0. The molecular formula is C9H4Cl2NO2. The van der Waals surface area contributed by atoms with E-state index in [0.717, 1.165) is 0 Å². The van der Waals surface area contributed by atoms with Crippen molar-refractivity contribution in [3.8, 4) is 11.8 Å². The van der Waals surface area contributed by atoms with Gasteiger partial charge in [-0.1, -0.05) is 23.2 Å². The maximum Gasteiger partial charge on any atom is 0.399 e. The molecule has 0 bridgehead atoms. The van der Waals surface area contributed by atoms with Crippen LogP contribution < -0.4 is 4.74 Å². The van der Waals surface area contributed by atoms with Crippen molar-refractivity contribution in [1.29, 1.82) is 0 Å². The van der Waals surface area contributed by atoms with E-state index in [1.54, 1.807) is 18.2 Å². The Balaban J connectivity index is 2.28. The molecule has 0 atom stereocenters. The Morgan fingerprint density at radius 2 is 2.21 bits per heavy atom. The summed E-state index contributed by atoms with van der Waals surface area (Å²) in [7, 11) is 0. The van der Waals surface area contributed by atoms with E-state index in [0.29, 0.717) is 15.8 Å². The molecular weight excluding hydrogens is 225 g/mol. The first kappa shape index (κ1) is 9.37. The molecule has 1 aromatic carbocycles. The predicted molar refractivity (Wildman–Crippen MR) is 51.9 cm³/mol. The minimum absolute atomic E-state index is 0.0779. The molecule has 71 valence electrons. The number of nitrogens with zero attached hydrogens (tertiary/aromatic N) is 1. The number of aromatic nitrogens is 1.